The maximum absolute atomic E-state index is 12.1. The van der Waals surface area contributed by atoms with E-state index in [1.54, 1.807) is 13.1 Å². The van der Waals surface area contributed by atoms with Crippen molar-refractivity contribution in [1.29, 1.82) is 5.26 Å². The van der Waals surface area contributed by atoms with E-state index in [-0.39, 0.29) is 6.04 Å². The molecule has 2 N–H and O–H groups in total. The lowest BCUT2D eigenvalue weighted by atomic mass is 10.1. The molecule has 136 valence electrons. The Morgan fingerprint density at radius 3 is 2.33 bits per heavy atom. The Morgan fingerprint density at radius 1 is 1.29 bits per heavy atom. The van der Waals surface area contributed by atoms with Gasteiger partial charge in [0.2, 0.25) is 0 Å². The Bertz CT molecular complexity index is 501. The third kappa shape index (κ3) is 11.9. The molecule has 1 aromatic carbocycles. The quantitative estimate of drug-likeness (QED) is 0.555. The minimum atomic E-state index is -0.968. The first-order chi connectivity index (χ1) is 11.6. The smallest absolute Gasteiger partial charge is 0.119 e. The number of hydrogen-bond donors (Lipinski definition) is 2. The van der Waals surface area contributed by atoms with Crippen molar-refractivity contribution in [1.82, 2.24) is 10.9 Å². The van der Waals surface area contributed by atoms with E-state index < -0.39 is 10.8 Å². The predicted octanol–water partition coefficient (Wildman–Crippen LogP) is 2.93. The van der Waals surface area contributed by atoms with Crippen LogP contribution in [-0.2, 0) is 21.3 Å². The molecule has 2 atom stereocenters. The highest BCUT2D eigenvalue weighted by Gasteiger charge is 2.12. The molecule has 0 fully saturated rings. The van der Waals surface area contributed by atoms with E-state index in [1.165, 1.54) is 0 Å². The van der Waals surface area contributed by atoms with E-state index in [0.29, 0.717) is 23.5 Å². The van der Waals surface area contributed by atoms with E-state index >= 15 is 0 Å². The number of carbonyl (C=O) groups is 1. The lowest BCUT2D eigenvalue weighted by molar-refractivity contribution is -0.107. The summed E-state index contributed by atoms with van der Waals surface area (Å²) in [5.74, 6) is 1.02. The lowest BCUT2D eigenvalue weighted by Gasteiger charge is -2.15. The average Bonchev–Trinajstić information content (AvgIpc) is 2.63. The van der Waals surface area contributed by atoms with Crippen LogP contribution in [0, 0.1) is 11.3 Å². The van der Waals surface area contributed by atoms with Gasteiger partial charge in [-0.05, 0) is 25.1 Å². The van der Waals surface area contributed by atoms with Crippen LogP contribution in [0.15, 0.2) is 24.3 Å². The van der Waals surface area contributed by atoms with Crippen LogP contribution in [0.25, 0.3) is 0 Å². The highest BCUT2D eigenvalue weighted by atomic mass is 32.2. The fraction of sp³-hybridized carbons (Fsp3) is 0.556. The summed E-state index contributed by atoms with van der Waals surface area (Å²) in [5, 5.41) is 8.97. The second kappa shape index (κ2) is 17.8. The topological polar surface area (TPSA) is 82.0 Å². The number of hydrogen-bond acceptors (Lipinski definition) is 5. The maximum Gasteiger partial charge on any atom is 0.119 e. The minimum Gasteiger partial charge on any atom is -0.303 e. The van der Waals surface area contributed by atoms with Gasteiger partial charge in [0.15, 0.2) is 0 Å². The van der Waals surface area contributed by atoms with Crippen molar-refractivity contribution >= 4 is 17.1 Å². The number of nitriles is 1. The second-order valence-electron chi connectivity index (χ2n) is 4.59. The molecule has 0 saturated carbocycles. The molecule has 1 rings (SSSR count). The van der Waals surface area contributed by atoms with Crippen molar-refractivity contribution < 1.29 is 9.00 Å². The van der Waals surface area contributed by atoms with Crippen LogP contribution >= 0.6 is 0 Å². The van der Waals surface area contributed by atoms with Crippen LogP contribution in [-0.4, -0.2) is 29.3 Å². The first kappa shape index (κ1) is 24.7. The Morgan fingerprint density at radius 2 is 1.88 bits per heavy atom. The molecule has 0 amide bonds. The molecule has 0 radical (unpaired) electrons. The first-order valence-electron chi connectivity index (χ1n) is 8.31. The number of carbonyl (C=O) groups excluding carboxylic acids is 1. The molecule has 0 saturated heterocycles. The Balaban J connectivity index is 0. The molecule has 1 aromatic rings. The van der Waals surface area contributed by atoms with Gasteiger partial charge in [-0.3, -0.25) is 15.1 Å². The Kier molecular flexibility index (Phi) is 18.3. The molecular weight excluding hydrogens is 322 g/mol. The SMILES string of the molecule is CC.CCC(CS(=O)Cc1ccccc1C#N)NNC.CCC=O. The monoisotopic (exact) mass is 353 g/mol. The molecule has 0 aromatic heterocycles. The summed E-state index contributed by atoms with van der Waals surface area (Å²) in [5.41, 5.74) is 7.41. The molecule has 0 bridgehead atoms. The number of nitrogens with one attached hydrogen (secondary N) is 2. The molecule has 0 aliphatic heterocycles. The van der Waals surface area contributed by atoms with E-state index in [9.17, 15) is 9.00 Å². The van der Waals surface area contributed by atoms with Crippen molar-refractivity contribution in [2.24, 2.45) is 0 Å². The van der Waals surface area contributed by atoms with Crippen LogP contribution in [0.1, 0.15) is 51.7 Å². The van der Waals surface area contributed by atoms with Crippen molar-refractivity contribution in [3.05, 3.63) is 35.4 Å². The van der Waals surface area contributed by atoms with Crippen LogP contribution in [0.4, 0.5) is 0 Å². The van der Waals surface area contributed by atoms with Crippen molar-refractivity contribution in [3.8, 4) is 6.07 Å². The van der Waals surface area contributed by atoms with Gasteiger partial charge in [-0.1, -0.05) is 45.9 Å². The van der Waals surface area contributed by atoms with Gasteiger partial charge in [0.25, 0.3) is 0 Å². The maximum atomic E-state index is 12.1. The number of nitrogens with zero attached hydrogens (tertiary/aromatic N) is 1. The highest BCUT2D eigenvalue weighted by molar-refractivity contribution is 7.84. The van der Waals surface area contributed by atoms with Gasteiger partial charge < -0.3 is 4.79 Å². The van der Waals surface area contributed by atoms with Crippen LogP contribution in [0.5, 0.6) is 0 Å². The first-order valence-corrected chi connectivity index (χ1v) is 9.80. The highest BCUT2D eigenvalue weighted by Crippen LogP contribution is 2.10. The summed E-state index contributed by atoms with van der Waals surface area (Å²) in [6.07, 6.45) is 2.42. The molecule has 0 spiro atoms. The molecular formula is C18H31N3O2S. The summed E-state index contributed by atoms with van der Waals surface area (Å²) in [6, 6.07) is 9.63. The average molecular weight is 354 g/mol. The van der Waals surface area contributed by atoms with Gasteiger partial charge in [-0.2, -0.15) is 5.26 Å². The zero-order chi connectivity index (χ0) is 18.8. The van der Waals surface area contributed by atoms with Crippen LogP contribution < -0.4 is 10.9 Å². The van der Waals surface area contributed by atoms with Crippen molar-refractivity contribution in [2.45, 2.75) is 52.3 Å². The summed E-state index contributed by atoms with van der Waals surface area (Å²) in [4.78, 5) is 9.17. The normalized spacial score (nSPS) is 11.7. The molecule has 5 nitrogen and oxygen atoms in total. The number of rotatable bonds is 8. The molecule has 0 heterocycles. The van der Waals surface area contributed by atoms with Crippen molar-refractivity contribution in [2.75, 3.05) is 12.8 Å². The van der Waals surface area contributed by atoms with Crippen LogP contribution in [0.2, 0.25) is 0 Å². The number of hydrazine groups is 1. The van der Waals surface area contributed by atoms with E-state index in [4.69, 9.17) is 5.26 Å². The molecule has 0 aliphatic rings. The Labute approximate surface area is 149 Å². The van der Waals surface area contributed by atoms with Gasteiger partial charge in [0.05, 0.1) is 11.6 Å². The fourth-order valence-corrected chi connectivity index (χ4v) is 3.16. The minimum absolute atomic E-state index is 0.185. The second-order valence-corrected chi connectivity index (χ2v) is 6.10. The number of benzene rings is 1. The van der Waals surface area contributed by atoms with Crippen LogP contribution in [0.3, 0.4) is 0 Å². The summed E-state index contributed by atoms with van der Waals surface area (Å²) < 4.78 is 12.1. The third-order valence-electron chi connectivity index (χ3n) is 2.85. The van der Waals surface area contributed by atoms with E-state index in [1.807, 2.05) is 39.0 Å². The zero-order valence-electron chi connectivity index (χ0n) is 15.5. The van der Waals surface area contributed by atoms with E-state index in [2.05, 4.69) is 23.8 Å². The largest absolute Gasteiger partial charge is 0.303 e. The predicted molar refractivity (Wildman–Crippen MR) is 102 cm³/mol. The van der Waals surface area contributed by atoms with Crippen molar-refractivity contribution in [3.63, 3.8) is 0 Å². The summed E-state index contributed by atoms with van der Waals surface area (Å²) in [6.45, 7) is 7.86. The third-order valence-corrected chi connectivity index (χ3v) is 4.26. The number of aldehydes is 1. The lowest BCUT2D eigenvalue weighted by Crippen LogP contribution is -2.41. The van der Waals surface area contributed by atoms with E-state index in [0.717, 1.165) is 18.3 Å². The van der Waals surface area contributed by atoms with Gasteiger partial charge in [-0.25, -0.2) is 0 Å². The van der Waals surface area contributed by atoms with Gasteiger partial charge >= 0.3 is 0 Å². The Hall–Kier alpha value is -1.55. The molecule has 6 heteroatoms. The molecule has 24 heavy (non-hydrogen) atoms. The standard InChI is InChI=1S/C13H19N3OS.C3H6O.C2H6/c1-3-13(16-15-2)10-18(17)9-12-7-5-4-6-11(12)8-14;1-2-3-4;1-2/h4-7,13,15-16H,3,9-10H2,1-2H3;3H,2H2,1H3;1-2H3. The fourth-order valence-electron chi connectivity index (χ4n) is 1.68. The van der Waals surface area contributed by atoms with Gasteiger partial charge in [-0.15, -0.1) is 0 Å². The molecule has 2 unspecified atom stereocenters. The zero-order valence-corrected chi connectivity index (χ0v) is 16.3. The van der Waals surface area contributed by atoms with Gasteiger partial charge in [0, 0.05) is 34.8 Å². The summed E-state index contributed by atoms with van der Waals surface area (Å²) in [7, 11) is 0.834. The van der Waals surface area contributed by atoms with Gasteiger partial charge in [0.1, 0.15) is 6.29 Å². The summed E-state index contributed by atoms with van der Waals surface area (Å²) >= 11 is 0. The molecule has 0 aliphatic carbocycles.